The highest BCUT2D eigenvalue weighted by Crippen LogP contribution is 2.35. The molecule has 2 heteroatoms. The molecule has 1 amide bonds. The van der Waals surface area contributed by atoms with E-state index in [1.807, 2.05) is 35.2 Å². The third-order valence-electron chi connectivity index (χ3n) is 4.08. The maximum atomic E-state index is 12.5. The molecule has 2 atom stereocenters. The van der Waals surface area contributed by atoms with Gasteiger partial charge in [-0.25, -0.2) is 0 Å². The van der Waals surface area contributed by atoms with E-state index in [2.05, 4.69) is 32.9 Å². The van der Waals surface area contributed by atoms with Crippen molar-refractivity contribution >= 4 is 16.7 Å². The second kappa shape index (κ2) is 4.37. The minimum atomic E-state index is 0.164. The van der Waals surface area contributed by atoms with Crippen molar-refractivity contribution in [3.05, 3.63) is 48.0 Å². The lowest BCUT2D eigenvalue weighted by Gasteiger charge is -2.07. The highest BCUT2D eigenvalue weighted by Gasteiger charge is 2.49. The predicted octanol–water partition coefficient (Wildman–Crippen LogP) is 3.71. The lowest BCUT2D eigenvalue weighted by atomic mass is 10.1. The zero-order valence-corrected chi connectivity index (χ0v) is 11.6. The van der Waals surface area contributed by atoms with Crippen molar-refractivity contribution < 1.29 is 4.79 Å². The fourth-order valence-electron chi connectivity index (χ4n) is 3.04. The zero-order valence-electron chi connectivity index (χ0n) is 11.6. The molecule has 0 bridgehead atoms. The molecule has 0 radical (unpaired) electrons. The second-order valence-electron chi connectivity index (χ2n) is 5.75. The Morgan fingerprint density at radius 2 is 1.79 bits per heavy atom. The molecule has 2 unspecified atom stereocenters. The van der Waals surface area contributed by atoms with Crippen molar-refractivity contribution in [2.75, 3.05) is 0 Å². The summed E-state index contributed by atoms with van der Waals surface area (Å²) in [7, 11) is 0. The number of fused-ring (bicyclic) bond motifs is 1. The Balaban J connectivity index is 1.91. The van der Waals surface area contributed by atoms with Gasteiger partial charge in [-0.3, -0.25) is 4.79 Å². The molecule has 0 aliphatic carbocycles. The Bertz CT molecular complexity index is 632. The van der Waals surface area contributed by atoms with Crippen molar-refractivity contribution in [1.82, 2.24) is 4.90 Å². The number of rotatable bonds is 2. The van der Waals surface area contributed by atoms with Gasteiger partial charge in [-0.05, 0) is 35.7 Å². The first kappa shape index (κ1) is 12.2. The normalized spacial score (nSPS) is 22.0. The van der Waals surface area contributed by atoms with Gasteiger partial charge in [0.05, 0.1) is 12.1 Å². The van der Waals surface area contributed by atoms with Crippen LogP contribution < -0.4 is 0 Å². The van der Waals surface area contributed by atoms with Gasteiger partial charge in [0.25, 0.3) is 5.91 Å². The van der Waals surface area contributed by atoms with Crippen LogP contribution in [0, 0.1) is 5.92 Å². The highest BCUT2D eigenvalue weighted by molar-refractivity contribution is 6.00. The Morgan fingerprint density at radius 3 is 2.42 bits per heavy atom. The smallest absolute Gasteiger partial charge is 0.254 e. The number of nitrogens with zero attached hydrogens (tertiary/aromatic N) is 1. The largest absolute Gasteiger partial charge is 0.329 e. The van der Waals surface area contributed by atoms with Crippen molar-refractivity contribution in [2.24, 2.45) is 5.92 Å². The standard InChI is InChI=1S/C17H19NO/c1-11(2)16-12(3)18(16)17(19)15-9-8-13-6-4-5-7-14(13)10-15/h4-12,16H,1-3H3. The van der Waals surface area contributed by atoms with Gasteiger partial charge in [0.15, 0.2) is 0 Å². The first-order valence-corrected chi connectivity index (χ1v) is 6.91. The molecule has 2 aromatic rings. The SMILES string of the molecule is CC(C)C1C(C)N1C(=O)c1ccc2ccccc2c1. The molecule has 2 aromatic carbocycles. The number of amides is 1. The summed E-state index contributed by atoms with van der Waals surface area (Å²) in [5, 5.41) is 2.31. The molecule has 19 heavy (non-hydrogen) atoms. The molecular weight excluding hydrogens is 234 g/mol. The molecule has 1 aliphatic rings. The van der Waals surface area contributed by atoms with Crippen LogP contribution in [0.15, 0.2) is 42.5 Å². The van der Waals surface area contributed by atoms with Crippen LogP contribution in [-0.4, -0.2) is 22.9 Å². The van der Waals surface area contributed by atoms with E-state index in [1.54, 1.807) is 0 Å². The van der Waals surface area contributed by atoms with Crippen LogP contribution in [0.2, 0.25) is 0 Å². The fraction of sp³-hybridized carbons (Fsp3) is 0.353. The lowest BCUT2D eigenvalue weighted by Crippen LogP contribution is -2.16. The second-order valence-corrected chi connectivity index (χ2v) is 5.75. The maximum Gasteiger partial charge on any atom is 0.254 e. The topological polar surface area (TPSA) is 20.1 Å². The summed E-state index contributed by atoms with van der Waals surface area (Å²) >= 11 is 0. The van der Waals surface area contributed by atoms with Gasteiger partial charge in [0, 0.05) is 5.56 Å². The summed E-state index contributed by atoms with van der Waals surface area (Å²) < 4.78 is 0. The molecule has 0 saturated carbocycles. The molecule has 0 spiro atoms. The Labute approximate surface area is 114 Å². The van der Waals surface area contributed by atoms with E-state index in [4.69, 9.17) is 0 Å². The van der Waals surface area contributed by atoms with E-state index < -0.39 is 0 Å². The van der Waals surface area contributed by atoms with E-state index in [9.17, 15) is 4.79 Å². The molecule has 98 valence electrons. The van der Waals surface area contributed by atoms with Gasteiger partial charge in [-0.15, -0.1) is 0 Å². The van der Waals surface area contributed by atoms with Gasteiger partial charge in [0.1, 0.15) is 0 Å². The third-order valence-corrected chi connectivity index (χ3v) is 4.08. The number of carbonyl (C=O) groups is 1. The molecule has 1 fully saturated rings. The van der Waals surface area contributed by atoms with Crippen LogP contribution in [-0.2, 0) is 0 Å². The summed E-state index contributed by atoms with van der Waals surface area (Å²) in [6.07, 6.45) is 0. The fourth-order valence-corrected chi connectivity index (χ4v) is 3.04. The van der Waals surface area contributed by atoms with Gasteiger partial charge in [-0.1, -0.05) is 44.2 Å². The zero-order chi connectivity index (χ0) is 13.6. The third kappa shape index (κ3) is 2.01. The molecule has 0 aromatic heterocycles. The number of carbonyl (C=O) groups excluding carboxylic acids is 1. The molecular formula is C17H19NO. The molecule has 1 saturated heterocycles. The van der Waals surface area contributed by atoms with Gasteiger partial charge >= 0.3 is 0 Å². The summed E-state index contributed by atoms with van der Waals surface area (Å²) in [6.45, 7) is 6.48. The first-order valence-electron chi connectivity index (χ1n) is 6.91. The van der Waals surface area contributed by atoms with E-state index in [0.717, 1.165) is 10.9 Å². The number of benzene rings is 2. The monoisotopic (exact) mass is 253 g/mol. The van der Waals surface area contributed by atoms with Crippen LogP contribution in [0.25, 0.3) is 10.8 Å². The molecule has 1 heterocycles. The van der Waals surface area contributed by atoms with Crippen LogP contribution in [0.5, 0.6) is 0 Å². The first-order chi connectivity index (χ1) is 9.09. The quantitative estimate of drug-likeness (QED) is 0.747. The number of hydrogen-bond donors (Lipinski definition) is 0. The van der Waals surface area contributed by atoms with Crippen LogP contribution in [0.4, 0.5) is 0 Å². The lowest BCUT2D eigenvalue weighted by molar-refractivity contribution is 0.0860. The van der Waals surface area contributed by atoms with E-state index in [0.29, 0.717) is 18.0 Å². The maximum absolute atomic E-state index is 12.5. The highest BCUT2D eigenvalue weighted by atomic mass is 16.2. The summed E-state index contributed by atoms with van der Waals surface area (Å²) in [6, 6.07) is 14.9. The Morgan fingerprint density at radius 1 is 1.11 bits per heavy atom. The average molecular weight is 253 g/mol. The molecule has 3 rings (SSSR count). The van der Waals surface area contributed by atoms with Crippen molar-refractivity contribution in [3.8, 4) is 0 Å². The van der Waals surface area contributed by atoms with Crippen molar-refractivity contribution in [2.45, 2.75) is 32.9 Å². The van der Waals surface area contributed by atoms with Crippen LogP contribution >= 0.6 is 0 Å². The minimum absolute atomic E-state index is 0.164. The van der Waals surface area contributed by atoms with Gasteiger partial charge in [0.2, 0.25) is 0 Å². The van der Waals surface area contributed by atoms with E-state index >= 15 is 0 Å². The van der Waals surface area contributed by atoms with Gasteiger partial charge in [-0.2, -0.15) is 0 Å². The van der Waals surface area contributed by atoms with Crippen LogP contribution in [0.3, 0.4) is 0 Å². The Kier molecular flexibility index (Phi) is 2.81. The summed E-state index contributed by atoms with van der Waals surface area (Å²) in [5.74, 6) is 0.691. The van der Waals surface area contributed by atoms with Crippen molar-refractivity contribution in [1.29, 1.82) is 0 Å². The van der Waals surface area contributed by atoms with Crippen LogP contribution in [0.1, 0.15) is 31.1 Å². The Hall–Kier alpha value is -1.83. The summed E-state index contributed by atoms with van der Waals surface area (Å²) in [5.41, 5.74) is 0.800. The van der Waals surface area contributed by atoms with E-state index in [-0.39, 0.29) is 5.91 Å². The summed E-state index contributed by atoms with van der Waals surface area (Å²) in [4.78, 5) is 14.5. The molecule has 1 aliphatic heterocycles. The number of hydrogen-bond acceptors (Lipinski definition) is 1. The minimum Gasteiger partial charge on any atom is -0.329 e. The van der Waals surface area contributed by atoms with Gasteiger partial charge < -0.3 is 4.90 Å². The molecule has 0 N–H and O–H groups in total. The predicted molar refractivity (Wildman–Crippen MR) is 78.2 cm³/mol. The van der Waals surface area contributed by atoms with Crippen molar-refractivity contribution in [3.63, 3.8) is 0 Å². The van der Waals surface area contributed by atoms with E-state index in [1.165, 1.54) is 5.39 Å². The molecule has 2 nitrogen and oxygen atoms in total. The average Bonchev–Trinajstić information content (AvgIpc) is 3.09.